The van der Waals surface area contributed by atoms with Crippen LogP contribution < -0.4 is 0 Å². The Balaban J connectivity index is 3.67. The van der Waals surface area contributed by atoms with Crippen LogP contribution in [0.15, 0.2) is 0 Å². The Morgan fingerprint density at radius 3 is 1.32 bits per heavy atom. The van der Waals surface area contributed by atoms with Gasteiger partial charge < -0.3 is 28.8 Å². The van der Waals surface area contributed by atoms with Crippen molar-refractivity contribution in [1.82, 2.24) is 0 Å². The summed E-state index contributed by atoms with van der Waals surface area (Å²) in [4.78, 5) is 0. The fourth-order valence-electron chi connectivity index (χ4n) is 1.87. The van der Waals surface area contributed by atoms with Crippen LogP contribution in [0.1, 0.15) is 54.4 Å². The molecular weight excluding hydrogens is 324 g/mol. The molecule has 0 amide bonds. The average Bonchev–Trinajstić information content (AvgIpc) is 2.60. The predicted octanol–water partition coefficient (Wildman–Crippen LogP) is 2.80. The van der Waals surface area contributed by atoms with Crippen LogP contribution in [-0.2, 0) is 23.7 Å². The highest BCUT2D eigenvalue weighted by atomic mass is 16.6. The minimum absolute atomic E-state index is 0.0120. The van der Waals surface area contributed by atoms with Gasteiger partial charge in [0.1, 0.15) is 0 Å². The molecule has 0 radical (unpaired) electrons. The van der Waals surface area contributed by atoms with Crippen LogP contribution >= 0.6 is 0 Å². The van der Waals surface area contributed by atoms with Crippen LogP contribution in [0.4, 0.5) is 0 Å². The largest absolute Gasteiger partial charge is 0.394 e. The summed E-state index contributed by atoms with van der Waals surface area (Å²) >= 11 is 0. The first kappa shape index (κ1) is 24.8. The smallest absolute Gasteiger partial charge is 0.0781 e. The van der Waals surface area contributed by atoms with E-state index in [0.717, 1.165) is 19.4 Å². The van der Waals surface area contributed by atoms with E-state index in [0.29, 0.717) is 26.4 Å². The molecule has 0 rings (SSSR count). The van der Waals surface area contributed by atoms with Crippen molar-refractivity contribution in [3.8, 4) is 0 Å². The molecular formula is C19H40O6. The van der Waals surface area contributed by atoms with Crippen molar-refractivity contribution < 1.29 is 28.8 Å². The van der Waals surface area contributed by atoms with Crippen molar-refractivity contribution in [3.05, 3.63) is 0 Å². The Kier molecular flexibility index (Phi) is 15.8. The van der Waals surface area contributed by atoms with Crippen molar-refractivity contribution in [3.63, 3.8) is 0 Å². The highest BCUT2D eigenvalue weighted by Crippen LogP contribution is 2.03. The van der Waals surface area contributed by atoms with E-state index in [4.69, 9.17) is 28.8 Å². The topological polar surface area (TPSA) is 66.4 Å². The molecule has 152 valence electrons. The maximum Gasteiger partial charge on any atom is 0.0781 e. The molecule has 0 fully saturated rings. The Hall–Kier alpha value is -0.240. The standard InChI is InChI=1S/C19H40O6/c1-7-8-9-21-16(3)11-23-18(5)13-25-19(6)14-24-17(4)12-22-15(2)10-20/h15-20H,7-14H2,1-6H3. The van der Waals surface area contributed by atoms with Gasteiger partial charge in [-0.25, -0.2) is 0 Å². The Morgan fingerprint density at radius 1 is 0.600 bits per heavy atom. The van der Waals surface area contributed by atoms with Crippen LogP contribution in [-0.4, -0.2) is 75.3 Å². The van der Waals surface area contributed by atoms with E-state index in [1.807, 2.05) is 34.6 Å². The van der Waals surface area contributed by atoms with Crippen LogP contribution in [0.5, 0.6) is 0 Å². The third kappa shape index (κ3) is 15.7. The third-order valence-corrected chi connectivity index (χ3v) is 3.62. The minimum atomic E-state index is -0.161. The van der Waals surface area contributed by atoms with Crippen molar-refractivity contribution in [2.75, 3.05) is 39.6 Å². The minimum Gasteiger partial charge on any atom is -0.394 e. The molecule has 0 saturated carbocycles. The molecule has 5 atom stereocenters. The second-order valence-corrected chi connectivity index (χ2v) is 6.79. The Bertz CT molecular complexity index is 289. The summed E-state index contributed by atoms with van der Waals surface area (Å²) in [5.41, 5.74) is 0. The first-order valence-corrected chi connectivity index (χ1v) is 9.57. The molecule has 0 aliphatic rings. The van der Waals surface area contributed by atoms with E-state index in [9.17, 15) is 0 Å². The van der Waals surface area contributed by atoms with Gasteiger partial charge in [-0.05, 0) is 41.0 Å². The van der Waals surface area contributed by atoms with Crippen molar-refractivity contribution in [2.45, 2.75) is 84.9 Å². The van der Waals surface area contributed by atoms with Gasteiger partial charge in [0.15, 0.2) is 0 Å². The quantitative estimate of drug-likeness (QED) is 0.400. The van der Waals surface area contributed by atoms with Gasteiger partial charge in [-0.2, -0.15) is 0 Å². The maximum atomic E-state index is 8.91. The number of rotatable bonds is 17. The lowest BCUT2D eigenvalue weighted by molar-refractivity contribution is -0.0975. The normalized spacial score (nSPS) is 17.9. The summed E-state index contributed by atoms with van der Waals surface area (Å²) in [6.07, 6.45) is 2.15. The summed E-state index contributed by atoms with van der Waals surface area (Å²) in [5, 5.41) is 8.91. The zero-order valence-corrected chi connectivity index (χ0v) is 17.0. The molecule has 0 aliphatic heterocycles. The summed E-state index contributed by atoms with van der Waals surface area (Å²) in [5.74, 6) is 0. The second-order valence-electron chi connectivity index (χ2n) is 6.79. The van der Waals surface area contributed by atoms with Crippen LogP contribution in [0.3, 0.4) is 0 Å². The lowest BCUT2D eigenvalue weighted by Crippen LogP contribution is -2.29. The van der Waals surface area contributed by atoms with E-state index < -0.39 is 0 Å². The SMILES string of the molecule is CCCCOC(C)COC(C)COC(C)COC(C)COC(C)CO. The number of hydrogen-bond acceptors (Lipinski definition) is 6. The summed E-state index contributed by atoms with van der Waals surface area (Å²) < 4.78 is 28.3. The molecule has 0 spiro atoms. The van der Waals surface area contributed by atoms with Crippen LogP contribution in [0.25, 0.3) is 0 Å². The summed E-state index contributed by atoms with van der Waals surface area (Å²) in [6, 6.07) is 0. The maximum absolute atomic E-state index is 8.91. The van der Waals surface area contributed by atoms with Gasteiger partial charge in [0.05, 0.1) is 63.6 Å². The molecule has 6 heteroatoms. The van der Waals surface area contributed by atoms with E-state index in [1.165, 1.54) is 0 Å². The van der Waals surface area contributed by atoms with Gasteiger partial charge in [0.2, 0.25) is 0 Å². The predicted molar refractivity (Wildman–Crippen MR) is 99.1 cm³/mol. The van der Waals surface area contributed by atoms with E-state index >= 15 is 0 Å². The van der Waals surface area contributed by atoms with Gasteiger partial charge in [-0.1, -0.05) is 13.3 Å². The molecule has 1 N–H and O–H groups in total. The highest BCUT2D eigenvalue weighted by molar-refractivity contribution is 4.57. The van der Waals surface area contributed by atoms with E-state index in [-0.39, 0.29) is 37.1 Å². The van der Waals surface area contributed by atoms with Gasteiger partial charge in [0.25, 0.3) is 0 Å². The average molecular weight is 365 g/mol. The fourth-order valence-corrected chi connectivity index (χ4v) is 1.87. The van der Waals surface area contributed by atoms with Crippen molar-refractivity contribution >= 4 is 0 Å². The van der Waals surface area contributed by atoms with Crippen LogP contribution in [0, 0.1) is 0 Å². The third-order valence-electron chi connectivity index (χ3n) is 3.62. The fraction of sp³-hybridized carbons (Fsp3) is 1.00. The summed E-state index contributed by atoms with van der Waals surface area (Å²) in [7, 11) is 0. The molecule has 0 heterocycles. The number of hydrogen-bond donors (Lipinski definition) is 1. The van der Waals surface area contributed by atoms with Crippen LogP contribution in [0.2, 0.25) is 0 Å². The molecule has 5 unspecified atom stereocenters. The molecule has 0 aliphatic carbocycles. The number of aliphatic hydroxyl groups is 1. The molecule has 0 aromatic carbocycles. The molecule has 0 saturated heterocycles. The van der Waals surface area contributed by atoms with Gasteiger partial charge in [0, 0.05) is 6.61 Å². The molecule has 0 aromatic heterocycles. The van der Waals surface area contributed by atoms with Gasteiger partial charge in [-0.15, -0.1) is 0 Å². The Morgan fingerprint density at radius 2 is 0.960 bits per heavy atom. The molecule has 0 aromatic rings. The van der Waals surface area contributed by atoms with Gasteiger partial charge in [-0.3, -0.25) is 0 Å². The van der Waals surface area contributed by atoms with Crippen molar-refractivity contribution in [2.24, 2.45) is 0 Å². The van der Waals surface area contributed by atoms with Gasteiger partial charge >= 0.3 is 0 Å². The zero-order valence-electron chi connectivity index (χ0n) is 17.0. The monoisotopic (exact) mass is 364 g/mol. The molecule has 25 heavy (non-hydrogen) atoms. The molecule has 0 bridgehead atoms. The lowest BCUT2D eigenvalue weighted by Gasteiger charge is -2.21. The Labute approximate surface area is 154 Å². The lowest BCUT2D eigenvalue weighted by atomic mass is 10.3. The number of ether oxygens (including phenoxy) is 5. The van der Waals surface area contributed by atoms with E-state index in [1.54, 1.807) is 0 Å². The first-order valence-electron chi connectivity index (χ1n) is 9.57. The highest BCUT2D eigenvalue weighted by Gasteiger charge is 2.12. The first-order chi connectivity index (χ1) is 11.9. The number of unbranched alkanes of at least 4 members (excludes halogenated alkanes) is 1. The van der Waals surface area contributed by atoms with E-state index in [2.05, 4.69) is 6.92 Å². The second kappa shape index (κ2) is 16.0. The molecule has 6 nitrogen and oxygen atoms in total. The zero-order chi connectivity index (χ0) is 19.1. The van der Waals surface area contributed by atoms with Crippen molar-refractivity contribution in [1.29, 1.82) is 0 Å². The number of aliphatic hydroxyl groups excluding tert-OH is 1. The summed E-state index contributed by atoms with van der Waals surface area (Å²) in [6.45, 7) is 14.8.